The SMILES string of the molecule is FC1CCCC(C2CCC(C3CCC(C4=CC4)C(F)C3F)CC2)C1F. The van der Waals surface area contributed by atoms with E-state index in [1.54, 1.807) is 0 Å². The second-order valence-electron chi connectivity index (χ2n) is 8.95. The smallest absolute Gasteiger partial charge is 0.138 e. The molecule has 25 heavy (non-hydrogen) atoms. The number of allylic oxidation sites excluding steroid dienone is 2. The minimum absolute atomic E-state index is 0.155. The Hall–Kier alpha value is -0.540. The molecule has 4 rings (SSSR count). The molecule has 7 atom stereocenters. The van der Waals surface area contributed by atoms with Crippen molar-refractivity contribution in [2.24, 2.45) is 29.6 Å². The molecule has 0 N–H and O–H groups in total. The molecule has 0 amide bonds. The van der Waals surface area contributed by atoms with Crippen LogP contribution >= 0.6 is 0 Å². The summed E-state index contributed by atoms with van der Waals surface area (Å²) in [4.78, 5) is 0. The molecular formula is C21H30F4. The first-order chi connectivity index (χ1) is 12.1. The van der Waals surface area contributed by atoms with Gasteiger partial charge in [0.05, 0.1) is 0 Å². The van der Waals surface area contributed by atoms with E-state index in [0.717, 1.165) is 63.4 Å². The van der Waals surface area contributed by atoms with Crippen molar-refractivity contribution in [1.82, 2.24) is 0 Å². The van der Waals surface area contributed by atoms with Gasteiger partial charge < -0.3 is 0 Å². The molecule has 0 aliphatic heterocycles. The van der Waals surface area contributed by atoms with Crippen LogP contribution in [0.15, 0.2) is 11.6 Å². The van der Waals surface area contributed by atoms with Gasteiger partial charge in [0.1, 0.15) is 24.7 Å². The summed E-state index contributed by atoms with van der Waals surface area (Å²) >= 11 is 0. The molecule has 142 valence electrons. The minimum Gasteiger partial charge on any atom is -0.244 e. The third-order valence-corrected chi connectivity index (χ3v) is 7.62. The number of halogens is 4. The Kier molecular flexibility index (Phi) is 5.16. The fourth-order valence-electron chi connectivity index (χ4n) is 6.03. The van der Waals surface area contributed by atoms with Gasteiger partial charge in [0.15, 0.2) is 0 Å². The van der Waals surface area contributed by atoms with Gasteiger partial charge in [0.2, 0.25) is 0 Å². The van der Waals surface area contributed by atoms with Gasteiger partial charge in [-0.1, -0.05) is 18.1 Å². The molecular weight excluding hydrogens is 328 g/mol. The third kappa shape index (κ3) is 3.51. The van der Waals surface area contributed by atoms with Crippen LogP contribution in [0.4, 0.5) is 17.6 Å². The highest BCUT2D eigenvalue weighted by Crippen LogP contribution is 2.49. The number of alkyl halides is 4. The molecule has 0 nitrogen and oxygen atoms in total. The fourth-order valence-corrected chi connectivity index (χ4v) is 6.03. The summed E-state index contributed by atoms with van der Waals surface area (Å²) in [7, 11) is 0. The standard InChI is InChI=1S/C21H30F4/c22-18-3-1-2-15(19(18)23)12-4-6-13(7-5-12)16-10-11-17(14-8-9-14)21(25)20(16)24/h8,12-13,15-21H,1-7,9-11H2. The van der Waals surface area contributed by atoms with Crippen LogP contribution in [0.5, 0.6) is 0 Å². The molecule has 4 aliphatic carbocycles. The van der Waals surface area contributed by atoms with Crippen molar-refractivity contribution in [2.45, 2.75) is 88.9 Å². The van der Waals surface area contributed by atoms with E-state index in [9.17, 15) is 17.6 Å². The van der Waals surface area contributed by atoms with Gasteiger partial charge in [-0.3, -0.25) is 0 Å². The average Bonchev–Trinajstić information content (AvgIpc) is 3.45. The van der Waals surface area contributed by atoms with E-state index in [1.165, 1.54) is 0 Å². The van der Waals surface area contributed by atoms with Gasteiger partial charge in [0.25, 0.3) is 0 Å². The average molecular weight is 358 g/mol. The van der Waals surface area contributed by atoms with E-state index in [-0.39, 0.29) is 29.6 Å². The molecule has 4 aliphatic rings. The zero-order valence-electron chi connectivity index (χ0n) is 14.9. The second-order valence-corrected chi connectivity index (χ2v) is 8.95. The van der Waals surface area contributed by atoms with Crippen LogP contribution in [-0.4, -0.2) is 24.7 Å². The number of hydrogen-bond acceptors (Lipinski definition) is 0. The predicted molar refractivity (Wildman–Crippen MR) is 91.3 cm³/mol. The third-order valence-electron chi connectivity index (χ3n) is 7.62. The van der Waals surface area contributed by atoms with Gasteiger partial charge >= 0.3 is 0 Å². The zero-order chi connectivity index (χ0) is 17.6. The first-order valence-electron chi connectivity index (χ1n) is 10.3. The molecule has 0 aromatic carbocycles. The van der Waals surface area contributed by atoms with E-state index in [1.807, 2.05) is 6.08 Å². The first kappa shape index (κ1) is 17.9. The molecule has 0 bridgehead atoms. The van der Waals surface area contributed by atoms with Crippen LogP contribution in [0.3, 0.4) is 0 Å². The van der Waals surface area contributed by atoms with Gasteiger partial charge in [-0.15, -0.1) is 0 Å². The second kappa shape index (κ2) is 7.23. The van der Waals surface area contributed by atoms with Crippen molar-refractivity contribution in [3.8, 4) is 0 Å². The van der Waals surface area contributed by atoms with E-state index in [2.05, 4.69) is 0 Å². The Morgan fingerprint density at radius 3 is 1.84 bits per heavy atom. The molecule has 7 unspecified atom stereocenters. The lowest BCUT2D eigenvalue weighted by Crippen LogP contribution is -2.43. The molecule has 3 saturated carbocycles. The molecule has 0 radical (unpaired) electrons. The summed E-state index contributed by atoms with van der Waals surface area (Å²) in [6, 6.07) is 0. The van der Waals surface area contributed by atoms with Gasteiger partial charge in [-0.25, -0.2) is 17.6 Å². The van der Waals surface area contributed by atoms with Crippen LogP contribution in [-0.2, 0) is 0 Å². The Labute approximate surface area is 148 Å². The molecule has 0 aromatic heterocycles. The Balaban J connectivity index is 1.32. The van der Waals surface area contributed by atoms with Crippen molar-refractivity contribution < 1.29 is 17.6 Å². The van der Waals surface area contributed by atoms with Crippen molar-refractivity contribution in [2.75, 3.05) is 0 Å². The quantitative estimate of drug-likeness (QED) is 0.410. The minimum atomic E-state index is -1.35. The molecule has 0 aromatic rings. The summed E-state index contributed by atoms with van der Waals surface area (Å²) in [6.07, 6.45) is 4.49. The van der Waals surface area contributed by atoms with Crippen molar-refractivity contribution >= 4 is 0 Å². The van der Waals surface area contributed by atoms with Gasteiger partial charge in [0, 0.05) is 5.92 Å². The van der Waals surface area contributed by atoms with Crippen molar-refractivity contribution in [3.05, 3.63) is 11.6 Å². The Bertz CT molecular complexity index is 496. The fraction of sp³-hybridized carbons (Fsp3) is 0.905. The van der Waals surface area contributed by atoms with E-state index < -0.39 is 24.7 Å². The topological polar surface area (TPSA) is 0 Å². The summed E-state index contributed by atoms with van der Waals surface area (Å²) in [5, 5.41) is 0. The Morgan fingerprint density at radius 2 is 1.24 bits per heavy atom. The molecule has 0 heterocycles. The maximum atomic E-state index is 14.7. The number of hydrogen-bond donors (Lipinski definition) is 0. The summed E-state index contributed by atoms with van der Waals surface area (Å²) in [6.45, 7) is 0. The lowest BCUT2D eigenvalue weighted by Gasteiger charge is -2.43. The van der Waals surface area contributed by atoms with Crippen LogP contribution in [0.1, 0.15) is 64.2 Å². The molecule has 0 spiro atoms. The monoisotopic (exact) mass is 358 g/mol. The van der Waals surface area contributed by atoms with Crippen molar-refractivity contribution in [1.29, 1.82) is 0 Å². The van der Waals surface area contributed by atoms with Gasteiger partial charge in [-0.05, 0) is 81.5 Å². The first-order valence-corrected chi connectivity index (χ1v) is 10.3. The van der Waals surface area contributed by atoms with E-state index in [4.69, 9.17) is 0 Å². The summed E-state index contributed by atoms with van der Waals surface area (Å²) in [5.74, 6) is -0.0533. The lowest BCUT2D eigenvalue weighted by atomic mass is 9.64. The highest BCUT2D eigenvalue weighted by Gasteiger charge is 2.47. The highest BCUT2D eigenvalue weighted by molar-refractivity contribution is 5.27. The van der Waals surface area contributed by atoms with Crippen LogP contribution < -0.4 is 0 Å². The van der Waals surface area contributed by atoms with Crippen LogP contribution in [0, 0.1) is 29.6 Å². The van der Waals surface area contributed by atoms with E-state index in [0.29, 0.717) is 6.42 Å². The zero-order valence-corrected chi connectivity index (χ0v) is 14.9. The molecule has 0 saturated heterocycles. The van der Waals surface area contributed by atoms with Crippen molar-refractivity contribution in [3.63, 3.8) is 0 Å². The predicted octanol–water partition coefficient (Wildman–Crippen LogP) is 6.30. The number of rotatable bonds is 3. The summed E-state index contributed by atoms with van der Waals surface area (Å²) < 4.78 is 57.1. The Morgan fingerprint density at radius 1 is 0.640 bits per heavy atom. The largest absolute Gasteiger partial charge is 0.244 e. The lowest BCUT2D eigenvalue weighted by molar-refractivity contribution is -0.0160. The van der Waals surface area contributed by atoms with Crippen LogP contribution in [0.2, 0.25) is 0 Å². The van der Waals surface area contributed by atoms with Crippen LogP contribution in [0.25, 0.3) is 0 Å². The maximum Gasteiger partial charge on any atom is 0.138 e. The van der Waals surface area contributed by atoms with Gasteiger partial charge in [-0.2, -0.15) is 0 Å². The normalized spacial score (nSPS) is 51.0. The maximum absolute atomic E-state index is 14.7. The van der Waals surface area contributed by atoms with E-state index >= 15 is 0 Å². The summed E-state index contributed by atoms with van der Waals surface area (Å²) in [5.41, 5.74) is 1.12. The molecule has 3 fully saturated rings. The highest BCUT2D eigenvalue weighted by atomic mass is 19.2. The molecule has 4 heteroatoms.